The molecule has 0 atom stereocenters. The Balaban J connectivity index is 2.72. The Bertz CT molecular complexity index is 543. The maximum absolute atomic E-state index is 13.4. The van der Waals surface area contributed by atoms with Crippen LogP contribution in [0.15, 0.2) is 18.3 Å². The molecule has 0 saturated heterocycles. The smallest absolute Gasteiger partial charge is 0.213 e. The van der Waals surface area contributed by atoms with E-state index in [2.05, 4.69) is 9.97 Å². The Kier molecular flexibility index (Phi) is 2.76. The minimum Gasteiger partial charge on any atom is -0.481 e. The summed E-state index contributed by atoms with van der Waals surface area (Å²) >= 11 is 0. The Hall–Kier alpha value is -2.04. The summed E-state index contributed by atoms with van der Waals surface area (Å²) in [6.07, 6.45) is 1.71. The first-order valence-corrected chi connectivity index (χ1v) is 4.68. The van der Waals surface area contributed by atoms with E-state index in [1.165, 1.54) is 7.11 Å². The molecule has 82 valence electrons. The van der Waals surface area contributed by atoms with Gasteiger partial charge in [0.05, 0.1) is 24.3 Å². The summed E-state index contributed by atoms with van der Waals surface area (Å²) in [6, 6.07) is 3.31. The van der Waals surface area contributed by atoms with E-state index in [0.717, 1.165) is 6.20 Å². The summed E-state index contributed by atoms with van der Waals surface area (Å²) in [7, 11) is 1.47. The third kappa shape index (κ3) is 1.71. The molecule has 0 amide bonds. The second-order valence-corrected chi connectivity index (χ2v) is 3.18. The Morgan fingerprint density at radius 2 is 2.31 bits per heavy atom. The van der Waals surface area contributed by atoms with Crippen LogP contribution in [0.3, 0.4) is 0 Å². The number of ether oxygens (including phenoxy) is 1. The van der Waals surface area contributed by atoms with Crippen molar-refractivity contribution in [2.75, 3.05) is 7.11 Å². The van der Waals surface area contributed by atoms with Crippen molar-refractivity contribution in [3.63, 3.8) is 0 Å². The molecule has 2 aromatic heterocycles. The van der Waals surface area contributed by atoms with Gasteiger partial charge >= 0.3 is 0 Å². The van der Waals surface area contributed by atoms with Gasteiger partial charge in [0.1, 0.15) is 12.1 Å². The summed E-state index contributed by atoms with van der Waals surface area (Å²) < 4.78 is 18.4. The van der Waals surface area contributed by atoms with Crippen molar-refractivity contribution in [1.29, 1.82) is 0 Å². The normalized spacial score (nSPS) is 10.4. The lowest BCUT2D eigenvalue weighted by molar-refractivity contribution is -0.107. The monoisotopic (exact) mass is 220 g/mol. The highest BCUT2D eigenvalue weighted by molar-refractivity contribution is 5.80. The highest BCUT2D eigenvalue weighted by atomic mass is 19.1. The minimum absolute atomic E-state index is 0.0228. The van der Waals surface area contributed by atoms with E-state index in [9.17, 15) is 9.18 Å². The van der Waals surface area contributed by atoms with Crippen molar-refractivity contribution >= 4 is 17.3 Å². The average Bonchev–Trinajstić information content (AvgIpc) is 2.32. The number of rotatable bonds is 3. The summed E-state index contributed by atoms with van der Waals surface area (Å²) in [6.45, 7) is 0. The van der Waals surface area contributed by atoms with Crippen LogP contribution in [0.5, 0.6) is 5.88 Å². The predicted molar refractivity (Wildman–Crippen MR) is 55.8 cm³/mol. The SMILES string of the molecule is COc1ccc2ncc(F)c(CC=O)c2n1. The first-order valence-electron chi connectivity index (χ1n) is 4.68. The maximum Gasteiger partial charge on any atom is 0.213 e. The topological polar surface area (TPSA) is 52.1 Å². The molecular weight excluding hydrogens is 211 g/mol. The van der Waals surface area contributed by atoms with Crippen LogP contribution < -0.4 is 4.74 Å². The molecule has 5 heteroatoms. The number of aromatic nitrogens is 2. The number of aldehydes is 1. The number of fused-ring (bicyclic) bond motifs is 1. The van der Waals surface area contributed by atoms with E-state index >= 15 is 0 Å². The highest BCUT2D eigenvalue weighted by Gasteiger charge is 2.10. The third-order valence-electron chi connectivity index (χ3n) is 2.24. The fourth-order valence-corrected chi connectivity index (χ4v) is 1.47. The molecule has 0 bridgehead atoms. The number of nitrogens with zero attached hydrogens (tertiary/aromatic N) is 2. The molecule has 0 aromatic carbocycles. The number of halogens is 1. The molecule has 2 aromatic rings. The standard InChI is InChI=1S/C11H9FN2O2/c1-16-10-3-2-9-11(14-10)7(4-5-15)8(12)6-13-9/h2-3,5-6H,4H2,1H3. The molecule has 0 aliphatic heterocycles. The zero-order valence-electron chi connectivity index (χ0n) is 8.61. The van der Waals surface area contributed by atoms with E-state index in [1.54, 1.807) is 12.1 Å². The molecule has 0 radical (unpaired) electrons. The van der Waals surface area contributed by atoms with Gasteiger partial charge in [0.15, 0.2) is 0 Å². The molecule has 16 heavy (non-hydrogen) atoms. The molecule has 2 heterocycles. The van der Waals surface area contributed by atoms with Crippen LogP contribution in [-0.4, -0.2) is 23.4 Å². The quantitative estimate of drug-likeness (QED) is 0.736. The summed E-state index contributed by atoms with van der Waals surface area (Å²) in [5.41, 5.74) is 1.16. The van der Waals surface area contributed by atoms with Crippen LogP contribution in [0.4, 0.5) is 4.39 Å². The van der Waals surface area contributed by atoms with Gasteiger partial charge in [0.2, 0.25) is 5.88 Å². The van der Waals surface area contributed by atoms with Crippen molar-refractivity contribution in [2.45, 2.75) is 6.42 Å². The van der Waals surface area contributed by atoms with Gasteiger partial charge < -0.3 is 9.53 Å². The Morgan fingerprint density at radius 1 is 1.50 bits per heavy atom. The van der Waals surface area contributed by atoms with E-state index in [-0.39, 0.29) is 12.0 Å². The summed E-state index contributed by atoms with van der Waals surface area (Å²) in [5.74, 6) is -0.160. The van der Waals surface area contributed by atoms with E-state index in [1.807, 2.05) is 0 Å². The predicted octanol–water partition coefficient (Wildman–Crippen LogP) is 1.52. The van der Waals surface area contributed by atoms with Crippen LogP contribution >= 0.6 is 0 Å². The van der Waals surface area contributed by atoms with E-state index < -0.39 is 5.82 Å². The second-order valence-electron chi connectivity index (χ2n) is 3.18. The number of carbonyl (C=O) groups is 1. The Labute approximate surface area is 91.1 Å². The minimum atomic E-state index is -0.527. The van der Waals surface area contributed by atoms with Crippen molar-refractivity contribution in [3.8, 4) is 5.88 Å². The van der Waals surface area contributed by atoms with Crippen molar-refractivity contribution in [3.05, 3.63) is 29.7 Å². The van der Waals surface area contributed by atoms with Gasteiger partial charge in [-0.3, -0.25) is 4.98 Å². The number of pyridine rings is 2. The summed E-state index contributed by atoms with van der Waals surface area (Å²) in [4.78, 5) is 18.5. The van der Waals surface area contributed by atoms with Crippen molar-refractivity contribution in [2.24, 2.45) is 0 Å². The zero-order chi connectivity index (χ0) is 11.5. The first-order chi connectivity index (χ1) is 7.76. The molecule has 2 rings (SSSR count). The molecule has 0 fully saturated rings. The van der Waals surface area contributed by atoms with Crippen LogP contribution in [0.2, 0.25) is 0 Å². The molecule has 0 unspecified atom stereocenters. The van der Waals surface area contributed by atoms with Gasteiger partial charge in [-0.05, 0) is 6.07 Å². The van der Waals surface area contributed by atoms with Crippen LogP contribution in [0.1, 0.15) is 5.56 Å². The number of hydrogen-bond donors (Lipinski definition) is 0. The molecule has 0 spiro atoms. The summed E-state index contributed by atoms with van der Waals surface area (Å²) in [5, 5.41) is 0. The largest absolute Gasteiger partial charge is 0.481 e. The van der Waals surface area contributed by atoms with Crippen LogP contribution in [0, 0.1) is 5.82 Å². The molecule has 0 aliphatic rings. The molecule has 0 saturated carbocycles. The second kappa shape index (κ2) is 4.22. The van der Waals surface area contributed by atoms with Crippen molar-refractivity contribution < 1.29 is 13.9 Å². The fraction of sp³-hybridized carbons (Fsp3) is 0.182. The molecule has 4 nitrogen and oxygen atoms in total. The van der Waals surface area contributed by atoms with Gasteiger partial charge in [-0.15, -0.1) is 0 Å². The highest BCUT2D eigenvalue weighted by Crippen LogP contribution is 2.20. The zero-order valence-corrected chi connectivity index (χ0v) is 8.61. The molecule has 0 N–H and O–H groups in total. The fourth-order valence-electron chi connectivity index (χ4n) is 1.47. The Morgan fingerprint density at radius 3 is 3.00 bits per heavy atom. The van der Waals surface area contributed by atoms with E-state index in [0.29, 0.717) is 23.2 Å². The van der Waals surface area contributed by atoms with E-state index in [4.69, 9.17) is 4.74 Å². The number of methoxy groups -OCH3 is 1. The maximum atomic E-state index is 13.4. The van der Waals surface area contributed by atoms with Crippen LogP contribution in [-0.2, 0) is 11.2 Å². The van der Waals surface area contributed by atoms with Gasteiger partial charge in [0, 0.05) is 18.1 Å². The molecular formula is C11H9FN2O2. The number of carbonyl (C=O) groups excluding carboxylic acids is 1. The average molecular weight is 220 g/mol. The van der Waals surface area contributed by atoms with Gasteiger partial charge in [0.25, 0.3) is 0 Å². The lowest BCUT2D eigenvalue weighted by Crippen LogP contribution is -1.98. The van der Waals surface area contributed by atoms with Gasteiger partial charge in [-0.2, -0.15) is 0 Å². The third-order valence-corrected chi connectivity index (χ3v) is 2.24. The van der Waals surface area contributed by atoms with Crippen molar-refractivity contribution in [1.82, 2.24) is 9.97 Å². The number of hydrogen-bond acceptors (Lipinski definition) is 4. The van der Waals surface area contributed by atoms with Gasteiger partial charge in [-0.25, -0.2) is 9.37 Å². The first kappa shape index (κ1) is 10.5. The molecule has 0 aliphatic carbocycles. The van der Waals surface area contributed by atoms with Gasteiger partial charge in [-0.1, -0.05) is 0 Å². The lowest BCUT2D eigenvalue weighted by atomic mass is 10.1. The van der Waals surface area contributed by atoms with Crippen LogP contribution in [0.25, 0.3) is 11.0 Å². The lowest BCUT2D eigenvalue weighted by Gasteiger charge is -2.05.